The number of hydrogen-bond acceptors (Lipinski definition) is 3. The molecule has 1 aromatic carbocycles. The Labute approximate surface area is 129 Å². The van der Waals surface area contributed by atoms with Crippen molar-refractivity contribution in [1.82, 2.24) is 10.0 Å². The van der Waals surface area contributed by atoms with Gasteiger partial charge in [-0.15, -0.1) is 0 Å². The highest BCUT2D eigenvalue weighted by atomic mass is 32.2. The van der Waals surface area contributed by atoms with Gasteiger partial charge in [-0.25, -0.2) is 13.1 Å². The van der Waals surface area contributed by atoms with Gasteiger partial charge in [-0.05, 0) is 29.5 Å². The molecule has 0 aliphatic heterocycles. The Balaban J connectivity index is 2.63. The van der Waals surface area contributed by atoms with Gasteiger partial charge in [0.25, 0.3) is 0 Å². The van der Waals surface area contributed by atoms with Crippen molar-refractivity contribution in [3.8, 4) is 0 Å². The zero-order chi connectivity index (χ0) is 16.1. The Bertz CT molecular complexity index is 528. The number of benzene rings is 1. The average Bonchev–Trinajstić information content (AvgIpc) is 2.35. The molecule has 0 heterocycles. The molecule has 0 unspecified atom stereocenters. The molecule has 2 N–H and O–H groups in total. The molecule has 0 amide bonds. The van der Waals surface area contributed by atoms with Crippen LogP contribution in [0.1, 0.15) is 46.6 Å². The van der Waals surface area contributed by atoms with E-state index in [2.05, 4.69) is 44.7 Å². The summed E-state index contributed by atoms with van der Waals surface area (Å²) in [4.78, 5) is 0.324. The first-order valence-electron chi connectivity index (χ1n) is 7.42. The van der Waals surface area contributed by atoms with Gasteiger partial charge in [0.2, 0.25) is 10.0 Å². The van der Waals surface area contributed by atoms with Crippen molar-refractivity contribution in [2.75, 3.05) is 6.54 Å². The molecular weight excluding hydrogens is 284 g/mol. The Hall–Kier alpha value is -0.910. The SMILES string of the molecule is CC(C)NCc1ccc(S(=O)(=O)NCCC(C)(C)C)cc1. The van der Waals surface area contributed by atoms with Crippen LogP contribution in [0.3, 0.4) is 0 Å². The predicted octanol–water partition coefficient (Wildman–Crippen LogP) is 2.90. The second-order valence-electron chi connectivity index (χ2n) is 6.89. The Kier molecular flexibility index (Phi) is 6.38. The maximum absolute atomic E-state index is 12.2. The molecule has 5 heteroatoms. The molecular formula is C16H28N2O2S. The summed E-state index contributed by atoms with van der Waals surface area (Å²) in [6.45, 7) is 11.7. The standard InChI is InChI=1S/C16H28N2O2S/c1-13(2)17-12-14-6-8-15(9-7-14)21(19,20)18-11-10-16(3,4)5/h6-9,13,17-18H,10-12H2,1-5H3. The zero-order valence-electron chi connectivity index (χ0n) is 13.7. The van der Waals surface area contributed by atoms with E-state index in [0.29, 0.717) is 17.5 Å². The molecule has 0 saturated carbocycles. The van der Waals surface area contributed by atoms with E-state index in [4.69, 9.17) is 0 Å². The van der Waals surface area contributed by atoms with E-state index < -0.39 is 10.0 Å². The van der Waals surface area contributed by atoms with Gasteiger partial charge >= 0.3 is 0 Å². The molecule has 0 aliphatic carbocycles. The minimum atomic E-state index is -3.40. The molecule has 1 rings (SSSR count). The molecule has 0 fully saturated rings. The van der Waals surface area contributed by atoms with Gasteiger partial charge in [0.05, 0.1) is 4.90 Å². The normalized spacial score (nSPS) is 12.9. The number of sulfonamides is 1. The summed E-state index contributed by atoms with van der Waals surface area (Å²) in [6, 6.07) is 7.45. The minimum absolute atomic E-state index is 0.120. The fourth-order valence-electron chi connectivity index (χ4n) is 1.75. The van der Waals surface area contributed by atoms with Crippen LogP contribution in [0.15, 0.2) is 29.2 Å². The lowest BCUT2D eigenvalue weighted by atomic mass is 9.93. The molecule has 0 atom stereocenters. The molecule has 4 nitrogen and oxygen atoms in total. The monoisotopic (exact) mass is 312 g/mol. The smallest absolute Gasteiger partial charge is 0.240 e. The summed E-state index contributed by atoms with van der Waals surface area (Å²) in [5, 5.41) is 3.31. The maximum Gasteiger partial charge on any atom is 0.240 e. The van der Waals surface area contributed by atoms with Crippen LogP contribution < -0.4 is 10.0 Å². The van der Waals surface area contributed by atoms with Crippen LogP contribution in [0.25, 0.3) is 0 Å². The second-order valence-corrected chi connectivity index (χ2v) is 8.65. The van der Waals surface area contributed by atoms with Gasteiger partial charge in [0.15, 0.2) is 0 Å². The van der Waals surface area contributed by atoms with Crippen molar-refractivity contribution in [3.05, 3.63) is 29.8 Å². The summed E-state index contributed by atoms with van der Waals surface area (Å²) >= 11 is 0. The van der Waals surface area contributed by atoms with E-state index in [9.17, 15) is 8.42 Å². The Morgan fingerprint density at radius 2 is 1.67 bits per heavy atom. The first-order chi connectivity index (χ1) is 9.60. The van der Waals surface area contributed by atoms with Crippen LogP contribution in [-0.2, 0) is 16.6 Å². The fourth-order valence-corrected chi connectivity index (χ4v) is 2.78. The zero-order valence-corrected chi connectivity index (χ0v) is 14.5. The van der Waals surface area contributed by atoms with E-state index in [0.717, 1.165) is 18.5 Å². The summed E-state index contributed by atoms with van der Waals surface area (Å²) < 4.78 is 27.0. The molecule has 0 spiro atoms. The summed E-state index contributed by atoms with van der Waals surface area (Å²) in [5.74, 6) is 0. The third-order valence-electron chi connectivity index (χ3n) is 3.12. The summed E-state index contributed by atoms with van der Waals surface area (Å²) in [6.07, 6.45) is 0.808. The highest BCUT2D eigenvalue weighted by Crippen LogP contribution is 2.18. The van der Waals surface area contributed by atoms with Gasteiger partial charge < -0.3 is 5.32 Å². The van der Waals surface area contributed by atoms with Crippen LogP contribution in [0.4, 0.5) is 0 Å². The molecule has 0 saturated heterocycles. The largest absolute Gasteiger partial charge is 0.310 e. The van der Waals surface area contributed by atoms with Crippen molar-refractivity contribution >= 4 is 10.0 Å². The lowest BCUT2D eigenvalue weighted by molar-refractivity contribution is 0.378. The Morgan fingerprint density at radius 3 is 2.14 bits per heavy atom. The van der Waals surface area contributed by atoms with E-state index >= 15 is 0 Å². The number of rotatable bonds is 7. The molecule has 1 aromatic rings. The van der Waals surface area contributed by atoms with Gasteiger partial charge in [0, 0.05) is 19.1 Å². The molecule has 0 aliphatic rings. The highest BCUT2D eigenvalue weighted by Gasteiger charge is 2.16. The summed E-state index contributed by atoms with van der Waals surface area (Å²) in [7, 11) is -3.40. The fraction of sp³-hybridized carbons (Fsp3) is 0.625. The van der Waals surface area contributed by atoms with E-state index in [1.165, 1.54) is 0 Å². The van der Waals surface area contributed by atoms with Crippen molar-refractivity contribution in [3.63, 3.8) is 0 Å². The van der Waals surface area contributed by atoms with Crippen molar-refractivity contribution in [1.29, 1.82) is 0 Å². The van der Waals surface area contributed by atoms with Crippen molar-refractivity contribution in [2.24, 2.45) is 5.41 Å². The third-order valence-corrected chi connectivity index (χ3v) is 4.59. The number of nitrogens with one attached hydrogen (secondary N) is 2. The minimum Gasteiger partial charge on any atom is -0.310 e. The molecule has 21 heavy (non-hydrogen) atoms. The lowest BCUT2D eigenvalue weighted by Gasteiger charge is -2.18. The van der Waals surface area contributed by atoms with Crippen molar-refractivity contribution < 1.29 is 8.42 Å². The summed E-state index contributed by atoms with van der Waals surface area (Å²) in [5.41, 5.74) is 1.20. The highest BCUT2D eigenvalue weighted by molar-refractivity contribution is 7.89. The van der Waals surface area contributed by atoms with Crippen LogP contribution in [0, 0.1) is 5.41 Å². The van der Waals surface area contributed by atoms with E-state index in [1.54, 1.807) is 12.1 Å². The van der Waals surface area contributed by atoms with Crippen molar-refractivity contribution in [2.45, 2.75) is 58.5 Å². The van der Waals surface area contributed by atoms with Gasteiger partial charge in [-0.2, -0.15) is 0 Å². The van der Waals surface area contributed by atoms with Crippen LogP contribution in [0.5, 0.6) is 0 Å². The molecule has 120 valence electrons. The quantitative estimate of drug-likeness (QED) is 0.814. The second kappa shape index (κ2) is 7.38. The molecule has 0 bridgehead atoms. The maximum atomic E-state index is 12.2. The van der Waals surface area contributed by atoms with Crippen LogP contribution in [-0.4, -0.2) is 21.0 Å². The van der Waals surface area contributed by atoms with E-state index in [-0.39, 0.29) is 5.41 Å². The number of hydrogen-bond donors (Lipinski definition) is 2. The van der Waals surface area contributed by atoms with Gasteiger partial charge in [-0.3, -0.25) is 0 Å². The van der Waals surface area contributed by atoms with Gasteiger partial charge in [-0.1, -0.05) is 46.8 Å². The van der Waals surface area contributed by atoms with Gasteiger partial charge in [0.1, 0.15) is 0 Å². The van der Waals surface area contributed by atoms with E-state index in [1.807, 2.05) is 12.1 Å². The average molecular weight is 312 g/mol. The molecule has 0 aromatic heterocycles. The first-order valence-corrected chi connectivity index (χ1v) is 8.90. The predicted molar refractivity (Wildman–Crippen MR) is 87.7 cm³/mol. The van der Waals surface area contributed by atoms with Crippen LogP contribution >= 0.6 is 0 Å². The topological polar surface area (TPSA) is 58.2 Å². The Morgan fingerprint density at radius 1 is 1.10 bits per heavy atom. The first kappa shape index (κ1) is 18.1. The third kappa shape index (κ3) is 7.07. The van der Waals surface area contributed by atoms with Crippen LogP contribution in [0.2, 0.25) is 0 Å². The molecule has 0 radical (unpaired) electrons. The lowest BCUT2D eigenvalue weighted by Crippen LogP contribution is -2.27.